The molecular formula is C6H5Cl7. The molecule has 0 amide bonds. The predicted octanol–water partition coefficient (Wildman–Crippen LogP) is 5.28. The first-order valence-corrected chi connectivity index (χ1v) is 5.95. The Labute approximate surface area is 112 Å². The molecule has 1 unspecified atom stereocenters. The fraction of sp³-hybridized carbons (Fsp3) is 0.667. The smallest absolute Gasteiger partial charge is 0.122 e. The summed E-state index contributed by atoms with van der Waals surface area (Å²) in [5.41, 5.74) is 0.456. The van der Waals surface area contributed by atoms with Crippen molar-refractivity contribution < 1.29 is 0 Å². The highest BCUT2D eigenvalue weighted by molar-refractivity contribution is 6.67. The van der Waals surface area contributed by atoms with E-state index in [0.29, 0.717) is 5.57 Å². The van der Waals surface area contributed by atoms with Crippen molar-refractivity contribution in [2.75, 3.05) is 5.88 Å². The van der Waals surface area contributed by atoms with Crippen molar-refractivity contribution in [1.29, 1.82) is 0 Å². The number of allylic oxidation sites excluding steroid dienone is 1. The van der Waals surface area contributed by atoms with Crippen molar-refractivity contribution in [2.45, 2.75) is 15.6 Å². The van der Waals surface area contributed by atoms with Crippen LogP contribution in [0, 0.1) is 0 Å². The van der Waals surface area contributed by atoms with Crippen LogP contribution in [0.1, 0.15) is 6.42 Å². The van der Waals surface area contributed by atoms with Crippen LogP contribution >= 0.6 is 81.2 Å². The van der Waals surface area contributed by atoms with E-state index in [2.05, 4.69) is 0 Å². The second kappa shape index (κ2) is 6.37. The SMILES string of the molecule is ClCC(=C(Cl)Cl)C(Cl)CC(Cl)(Cl)Cl. The molecule has 0 aromatic heterocycles. The first kappa shape index (κ1) is 14.8. The Kier molecular flexibility index (Phi) is 7.24. The monoisotopic (exact) mass is 322 g/mol. The molecule has 0 fully saturated rings. The van der Waals surface area contributed by atoms with E-state index >= 15 is 0 Å². The van der Waals surface area contributed by atoms with Gasteiger partial charge in [0.25, 0.3) is 0 Å². The van der Waals surface area contributed by atoms with Crippen molar-refractivity contribution in [3.05, 3.63) is 10.1 Å². The summed E-state index contributed by atoms with van der Waals surface area (Å²) < 4.78 is -1.42. The molecule has 0 aliphatic rings. The molecule has 0 aromatic rings. The number of rotatable bonds is 3. The molecule has 0 aliphatic carbocycles. The maximum Gasteiger partial charge on any atom is 0.192 e. The zero-order valence-electron chi connectivity index (χ0n) is 6.14. The van der Waals surface area contributed by atoms with Crippen LogP contribution in [0.15, 0.2) is 10.1 Å². The van der Waals surface area contributed by atoms with Gasteiger partial charge < -0.3 is 0 Å². The lowest BCUT2D eigenvalue weighted by molar-refractivity contribution is 0.850. The number of hydrogen-bond donors (Lipinski definition) is 0. The van der Waals surface area contributed by atoms with E-state index in [1.165, 1.54) is 0 Å². The molecule has 0 spiro atoms. The van der Waals surface area contributed by atoms with Gasteiger partial charge in [-0.25, -0.2) is 0 Å². The minimum atomic E-state index is -1.44. The normalized spacial score (nSPS) is 14.1. The van der Waals surface area contributed by atoms with Gasteiger partial charge in [0.05, 0.1) is 5.38 Å². The van der Waals surface area contributed by atoms with Crippen molar-refractivity contribution in [3.63, 3.8) is 0 Å². The number of alkyl halides is 5. The average Bonchev–Trinajstić information content (AvgIpc) is 1.82. The standard InChI is InChI=1S/C6H5Cl7/c7-2-3(5(9)10)4(8)1-6(11,12)13/h4H,1-2H2. The Hall–Kier alpha value is 1.77. The zero-order valence-corrected chi connectivity index (χ0v) is 11.4. The molecule has 0 saturated carbocycles. The van der Waals surface area contributed by atoms with Gasteiger partial charge in [0, 0.05) is 12.3 Å². The molecule has 0 rings (SSSR count). The molecule has 0 aliphatic heterocycles. The average molecular weight is 325 g/mol. The topological polar surface area (TPSA) is 0 Å². The van der Waals surface area contributed by atoms with Gasteiger partial charge >= 0.3 is 0 Å². The Morgan fingerprint density at radius 1 is 1.15 bits per heavy atom. The van der Waals surface area contributed by atoms with Crippen LogP contribution in [-0.2, 0) is 0 Å². The van der Waals surface area contributed by atoms with Gasteiger partial charge in [0.1, 0.15) is 4.49 Å². The maximum atomic E-state index is 5.86. The quantitative estimate of drug-likeness (QED) is 0.619. The Balaban J connectivity index is 4.42. The second-order valence-corrected chi connectivity index (χ2v) is 6.47. The third-order valence-electron chi connectivity index (χ3n) is 1.18. The highest BCUT2D eigenvalue weighted by Crippen LogP contribution is 2.36. The van der Waals surface area contributed by atoms with Gasteiger partial charge in [-0.2, -0.15) is 0 Å². The highest BCUT2D eigenvalue weighted by Gasteiger charge is 2.27. The van der Waals surface area contributed by atoms with Crippen LogP contribution in [0.2, 0.25) is 0 Å². The number of hydrogen-bond acceptors (Lipinski definition) is 0. The van der Waals surface area contributed by atoms with E-state index in [-0.39, 0.29) is 16.8 Å². The molecular weight excluding hydrogens is 320 g/mol. The van der Waals surface area contributed by atoms with Crippen LogP contribution < -0.4 is 0 Å². The fourth-order valence-electron chi connectivity index (χ4n) is 0.579. The van der Waals surface area contributed by atoms with Crippen LogP contribution in [0.3, 0.4) is 0 Å². The number of halogens is 7. The lowest BCUT2D eigenvalue weighted by Gasteiger charge is -2.17. The minimum absolute atomic E-state index is 0.0178. The first-order chi connectivity index (χ1) is 5.78. The van der Waals surface area contributed by atoms with Gasteiger partial charge in [0.15, 0.2) is 3.79 Å². The molecule has 7 heteroatoms. The van der Waals surface area contributed by atoms with Crippen molar-refractivity contribution >= 4 is 81.2 Å². The van der Waals surface area contributed by atoms with Crippen molar-refractivity contribution in [1.82, 2.24) is 0 Å². The van der Waals surface area contributed by atoms with Gasteiger partial charge in [-0.1, -0.05) is 58.0 Å². The minimum Gasteiger partial charge on any atom is -0.122 e. The summed E-state index contributed by atoms with van der Waals surface area (Å²) in [5, 5.41) is -0.574. The third kappa shape index (κ3) is 6.78. The lowest BCUT2D eigenvalue weighted by Crippen LogP contribution is -2.15. The second-order valence-electron chi connectivity index (χ2n) is 2.21. The first-order valence-electron chi connectivity index (χ1n) is 3.08. The molecule has 0 radical (unpaired) electrons. The summed E-state index contributed by atoms with van der Waals surface area (Å²) in [6.45, 7) is 0. The van der Waals surface area contributed by atoms with Gasteiger partial charge in [0.2, 0.25) is 0 Å². The summed E-state index contributed by atoms with van der Waals surface area (Å²) in [5.74, 6) is 0.108. The molecule has 0 nitrogen and oxygen atoms in total. The summed E-state index contributed by atoms with van der Waals surface area (Å²) in [6.07, 6.45) is 0.101. The fourth-order valence-corrected chi connectivity index (χ4v) is 2.74. The van der Waals surface area contributed by atoms with Crippen molar-refractivity contribution in [2.24, 2.45) is 0 Å². The predicted molar refractivity (Wildman–Crippen MR) is 64.0 cm³/mol. The van der Waals surface area contributed by atoms with Crippen LogP contribution in [0.25, 0.3) is 0 Å². The van der Waals surface area contributed by atoms with Gasteiger partial charge in [-0.3, -0.25) is 0 Å². The molecule has 0 N–H and O–H groups in total. The Bertz CT molecular complexity index is 188. The van der Waals surface area contributed by atoms with Gasteiger partial charge in [-0.05, 0) is 5.57 Å². The lowest BCUT2D eigenvalue weighted by atomic mass is 10.2. The van der Waals surface area contributed by atoms with E-state index in [0.717, 1.165) is 0 Å². The van der Waals surface area contributed by atoms with Crippen LogP contribution in [-0.4, -0.2) is 15.0 Å². The molecule has 0 aromatic carbocycles. The third-order valence-corrected chi connectivity index (χ3v) is 2.83. The summed E-state index contributed by atoms with van der Waals surface area (Å²) in [4.78, 5) is 0. The molecule has 0 saturated heterocycles. The summed E-state index contributed by atoms with van der Waals surface area (Å²) in [6, 6.07) is 0. The molecule has 0 bridgehead atoms. The molecule has 78 valence electrons. The van der Waals surface area contributed by atoms with E-state index in [9.17, 15) is 0 Å². The van der Waals surface area contributed by atoms with E-state index < -0.39 is 9.17 Å². The summed E-state index contributed by atoms with van der Waals surface area (Å²) in [7, 11) is 0. The largest absolute Gasteiger partial charge is 0.192 e. The summed E-state index contributed by atoms with van der Waals surface area (Å²) >= 11 is 39.0. The van der Waals surface area contributed by atoms with E-state index in [1.54, 1.807) is 0 Å². The van der Waals surface area contributed by atoms with Gasteiger partial charge in [-0.15, -0.1) is 23.2 Å². The Morgan fingerprint density at radius 3 is 1.85 bits per heavy atom. The van der Waals surface area contributed by atoms with Crippen LogP contribution in [0.4, 0.5) is 0 Å². The maximum absolute atomic E-state index is 5.86. The highest BCUT2D eigenvalue weighted by atomic mass is 35.6. The van der Waals surface area contributed by atoms with E-state index in [1.807, 2.05) is 0 Å². The zero-order chi connectivity index (χ0) is 10.6. The molecule has 13 heavy (non-hydrogen) atoms. The van der Waals surface area contributed by atoms with Crippen molar-refractivity contribution in [3.8, 4) is 0 Å². The molecule has 0 heterocycles. The Morgan fingerprint density at radius 2 is 1.62 bits per heavy atom. The van der Waals surface area contributed by atoms with E-state index in [4.69, 9.17) is 81.2 Å². The molecule has 1 atom stereocenters. The van der Waals surface area contributed by atoms with Crippen LogP contribution in [0.5, 0.6) is 0 Å².